The maximum absolute atomic E-state index is 2.76. The van der Waals surface area contributed by atoms with Crippen molar-refractivity contribution in [3.8, 4) is 0 Å². The zero-order valence-electron chi connectivity index (χ0n) is 9.56. The summed E-state index contributed by atoms with van der Waals surface area (Å²) in [7, 11) is 0. The van der Waals surface area contributed by atoms with E-state index in [9.17, 15) is 0 Å². The van der Waals surface area contributed by atoms with Gasteiger partial charge < -0.3 is 0 Å². The summed E-state index contributed by atoms with van der Waals surface area (Å²) in [6.45, 7) is 10.8. The molecule has 1 spiro atoms. The Kier molecular flexibility index (Phi) is 1.99. The van der Waals surface area contributed by atoms with Crippen LogP contribution in [0.2, 0.25) is 0 Å². The number of likely N-dealkylation sites (tertiary alicyclic amines) is 1. The molecule has 76 valence electrons. The SMILES string of the molecule is C[C@H]1CCN(C(C)(C)C)C2(CC2)C1. The fourth-order valence-electron chi connectivity index (χ4n) is 3.11. The average Bonchev–Trinajstić information content (AvgIpc) is 2.66. The average molecular weight is 181 g/mol. The van der Waals surface area contributed by atoms with Gasteiger partial charge in [0.25, 0.3) is 0 Å². The monoisotopic (exact) mass is 181 g/mol. The minimum atomic E-state index is 0.386. The topological polar surface area (TPSA) is 3.24 Å². The van der Waals surface area contributed by atoms with E-state index in [2.05, 4.69) is 32.6 Å². The lowest BCUT2D eigenvalue weighted by atomic mass is 9.87. The van der Waals surface area contributed by atoms with Gasteiger partial charge in [0.15, 0.2) is 0 Å². The maximum atomic E-state index is 2.76. The molecule has 0 aromatic carbocycles. The van der Waals surface area contributed by atoms with Crippen LogP contribution >= 0.6 is 0 Å². The van der Waals surface area contributed by atoms with E-state index in [1.807, 2.05) is 0 Å². The lowest BCUT2D eigenvalue weighted by Crippen LogP contribution is -2.53. The smallest absolute Gasteiger partial charge is 0.0218 e. The zero-order valence-corrected chi connectivity index (χ0v) is 9.56. The first-order chi connectivity index (χ1) is 5.94. The number of nitrogens with zero attached hydrogens (tertiary/aromatic N) is 1. The van der Waals surface area contributed by atoms with Gasteiger partial charge in [0.2, 0.25) is 0 Å². The predicted octanol–water partition coefficient (Wildman–Crippen LogP) is 3.05. The van der Waals surface area contributed by atoms with Crippen LogP contribution < -0.4 is 0 Å². The lowest BCUT2D eigenvalue weighted by molar-refractivity contribution is 0.0182. The van der Waals surface area contributed by atoms with Crippen LogP contribution in [-0.2, 0) is 0 Å². The molecular formula is C12H23N. The molecule has 1 heterocycles. The van der Waals surface area contributed by atoms with Gasteiger partial charge in [0.1, 0.15) is 0 Å². The van der Waals surface area contributed by atoms with Gasteiger partial charge >= 0.3 is 0 Å². The van der Waals surface area contributed by atoms with Gasteiger partial charge in [0, 0.05) is 11.1 Å². The standard InChI is InChI=1S/C12H23N/c1-10-5-8-13(11(2,3)4)12(9-10)6-7-12/h10H,5-9H2,1-4H3/t10-/m0/s1. The Bertz CT molecular complexity index is 198. The molecule has 0 radical (unpaired) electrons. The molecule has 0 bridgehead atoms. The highest BCUT2D eigenvalue weighted by atomic mass is 15.3. The molecule has 0 aromatic heterocycles. The quantitative estimate of drug-likeness (QED) is 0.555. The van der Waals surface area contributed by atoms with Gasteiger partial charge in [-0.25, -0.2) is 0 Å². The number of rotatable bonds is 0. The van der Waals surface area contributed by atoms with Crippen molar-refractivity contribution in [2.75, 3.05) is 6.54 Å². The van der Waals surface area contributed by atoms with Crippen molar-refractivity contribution < 1.29 is 0 Å². The molecule has 1 saturated heterocycles. The van der Waals surface area contributed by atoms with Crippen molar-refractivity contribution in [2.45, 2.75) is 64.5 Å². The lowest BCUT2D eigenvalue weighted by Gasteiger charge is -2.47. The summed E-state index contributed by atoms with van der Waals surface area (Å²) in [6, 6.07) is 0. The number of piperidine rings is 1. The second-order valence-corrected chi connectivity index (χ2v) is 6.14. The highest BCUT2D eigenvalue weighted by molar-refractivity contribution is 5.09. The first kappa shape index (κ1) is 9.51. The second-order valence-electron chi connectivity index (χ2n) is 6.14. The van der Waals surface area contributed by atoms with Crippen LogP contribution in [-0.4, -0.2) is 22.5 Å². The normalized spacial score (nSPS) is 33.7. The summed E-state index contributed by atoms with van der Waals surface area (Å²) >= 11 is 0. The summed E-state index contributed by atoms with van der Waals surface area (Å²) in [6.07, 6.45) is 5.76. The third-order valence-corrected chi connectivity index (χ3v) is 3.78. The van der Waals surface area contributed by atoms with Crippen LogP contribution in [0.3, 0.4) is 0 Å². The fourth-order valence-corrected chi connectivity index (χ4v) is 3.11. The van der Waals surface area contributed by atoms with Crippen molar-refractivity contribution in [3.05, 3.63) is 0 Å². The molecule has 1 saturated carbocycles. The Labute approximate surface area is 82.5 Å². The largest absolute Gasteiger partial charge is 0.293 e. The Hall–Kier alpha value is -0.0400. The molecule has 1 atom stereocenters. The number of hydrogen-bond donors (Lipinski definition) is 0. The molecule has 2 rings (SSSR count). The van der Waals surface area contributed by atoms with Crippen LogP contribution in [0.4, 0.5) is 0 Å². The Morgan fingerprint density at radius 3 is 2.31 bits per heavy atom. The molecule has 0 aromatic rings. The van der Waals surface area contributed by atoms with Gasteiger partial charge in [-0.1, -0.05) is 6.92 Å². The highest BCUT2D eigenvalue weighted by Crippen LogP contribution is 2.52. The van der Waals surface area contributed by atoms with Crippen LogP contribution in [0, 0.1) is 5.92 Å². The van der Waals surface area contributed by atoms with Crippen molar-refractivity contribution in [1.29, 1.82) is 0 Å². The predicted molar refractivity (Wildman–Crippen MR) is 56.8 cm³/mol. The highest BCUT2D eigenvalue weighted by Gasteiger charge is 2.53. The summed E-state index contributed by atoms with van der Waals surface area (Å²) < 4.78 is 0. The van der Waals surface area contributed by atoms with Crippen molar-refractivity contribution in [1.82, 2.24) is 4.90 Å². The Morgan fingerprint density at radius 2 is 1.85 bits per heavy atom. The van der Waals surface area contributed by atoms with E-state index in [1.54, 1.807) is 0 Å². The van der Waals surface area contributed by atoms with Crippen LogP contribution in [0.25, 0.3) is 0 Å². The van der Waals surface area contributed by atoms with E-state index >= 15 is 0 Å². The van der Waals surface area contributed by atoms with Crippen molar-refractivity contribution in [2.24, 2.45) is 5.92 Å². The Balaban J connectivity index is 2.12. The third-order valence-electron chi connectivity index (χ3n) is 3.78. The molecule has 1 aliphatic heterocycles. The van der Waals surface area contributed by atoms with E-state index < -0.39 is 0 Å². The number of hydrogen-bond acceptors (Lipinski definition) is 1. The summed E-state index contributed by atoms with van der Waals surface area (Å²) in [5.41, 5.74) is 1.02. The summed E-state index contributed by atoms with van der Waals surface area (Å²) in [4.78, 5) is 2.76. The van der Waals surface area contributed by atoms with Gasteiger partial charge in [-0.2, -0.15) is 0 Å². The molecule has 2 fully saturated rings. The molecule has 1 nitrogen and oxygen atoms in total. The van der Waals surface area contributed by atoms with Gasteiger partial charge in [-0.05, 0) is 58.9 Å². The van der Waals surface area contributed by atoms with Crippen molar-refractivity contribution >= 4 is 0 Å². The molecule has 1 heteroatoms. The molecule has 0 unspecified atom stereocenters. The first-order valence-electron chi connectivity index (χ1n) is 5.72. The maximum Gasteiger partial charge on any atom is 0.0218 e. The molecule has 13 heavy (non-hydrogen) atoms. The van der Waals surface area contributed by atoms with E-state index in [0.717, 1.165) is 5.92 Å². The molecule has 0 N–H and O–H groups in total. The minimum Gasteiger partial charge on any atom is -0.293 e. The fraction of sp³-hybridized carbons (Fsp3) is 1.00. The Morgan fingerprint density at radius 1 is 1.23 bits per heavy atom. The molecule has 2 aliphatic rings. The van der Waals surface area contributed by atoms with E-state index in [0.29, 0.717) is 11.1 Å². The van der Waals surface area contributed by atoms with Crippen molar-refractivity contribution in [3.63, 3.8) is 0 Å². The molecular weight excluding hydrogens is 158 g/mol. The van der Waals surface area contributed by atoms with Crippen LogP contribution in [0.5, 0.6) is 0 Å². The van der Waals surface area contributed by atoms with Gasteiger partial charge in [0.05, 0.1) is 0 Å². The zero-order chi connectivity index (χ0) is 9.69. The summed E-state index contributed by atoms with van der Waals surface area (Å²) in [5, 5.41) is 0. The van der Waals surface area contributed by atoms with Crippen LogP contribution in [0.15, 0.2) is 0 Å². The van der Waals surface area contributed by atoms with E-state index in [-0.39, 0.29) is 0 Å². The second kappa shape index (κ2) is 2.73. The van der Waals surface area contributed by atoms with E-state index in [1.165, 1.54) is 32.2 Å². The van der Waals surface area contributed by atoms with Gasteiger partial charge in [-0.3, -0.25) is 4.90 Å². The summed E-state index contributed by atoms with van der Waals surface area (Å²) in [5.74, 6) is 0.959. The molecule has 0 amide bonds. The first-order valence-corrected chi connectivity index (χ1v) is 5.72. The van der Waals surface area contributed by atoms with Crippen LogP contribution in [0.1, 0.15) is 53.4 Å². The van der Waals surface area contributed by atoms with E-state index in [4.69, 9.17) is 0 Å². The van der Waals surface area contributed by atoms with Gasteiger partial charge in [-0.15, -0.1) is 0 Å². The molecule has 1 aliphatic carbocycles. The third kappa shape index (κ3) is 1.63. The minimum absolute atomic E-state index is 0.386.